The molecule has 3 nitrogen and oxygen atoms in total. The number of hydrogen-bond donors (Lipinski definition) is 2. The molecule has 0 spiro atoms. The zero-order valence-electron chi connectivity index (χ0n) is 9.83. The number of nitrogens with one attached hydrogen (secondary N) is 2. The maximum absolute atomic E-state index is 5.95. The number of aromatic nitrogens is 1. The van der Waals surface area contributed by atoms with E-state index in [2.05, 4.69) is 15.6 Å². The number of pyridine rings is 1. The Bertz CT molecular complexity index is 499. The van der Waals surface area contributed by atoms with Crippen molar-refractivity contribution in [2.24, 2.45) is 0 Å². The van der Waals surface area contributed by atoms with Crippen molar-refractivity contribution in [2.75, 3.05) is 25.5 Å². The van der Waals surface area contributed by atoms with Crippen LogP contribution in [0.4, 0.5) is 5.69 Å². The molecule has 0 bridgehead atoms. The molecule has 1 heterocycles. The highest BCUT2D eigenvalue weighted by Gasteiger charge is 2.01. The zero-order valence-corrected chi connectivity index (χ0v) is 10.6. The van der Waals surface area contributed by atoms with Crippen molar-refractivity contribution >= 4 is 28.2 Å². The Balaban J connectivity index is 2.16. The van der Waals surface area contributed by atoms with E-state index >= 15 is 0 Å². The standard InChI is InChI=1S/C13H16ClN3/c1-15-6-2-7-16-12-5-8-17-13-9-10(14)3-4-11(12)13/h3-5,8-9,15H,2,6-7H2,1H3,(H,16,17). The lowest BCUT2D eigenvalue weighted by molar-refractivity contribution is 0.748. The minimum absolute atomic E-state index is 0.720. The number of hydrogen-bond acceptors (Lipinski definition) is 3. The van der Waals surface area contributed by atoms with Crippen molar-refractivity contribution in [3.63, 3.8) is 0 Å². The largest absolute Gasteiger partial charge is 0.384 e. The van der Waals surface area contributed by atoms with Gasteiger partial charge in [-0.25, -0.2) is 0 Å². The first-order chi connectivity index (χ1) is 8.31. The molecule has 4 heteroatoms. The molecule has 0 fully saturated rings. The van der Waals surface area contributed by atoms with Gasteiger partial charge in [-0.1, -0.05) is 11.6 Å². The van der Waals surface area contributed by atoms with Crippen LogP contribution in [-0.2, 0) is 0 Å². The molecule has 1 aromatic heterocycles. The van der Waals surface area contributed by atoms with Gasteiger partial charge >= 0.3 is 0 Å². The van der Waals surface area contributed by atoms with E-state index in [1.54, 1.807) is 6.20 Å². The molecule has 0 aliphatic carbocycles. The fourth-order valence-electron chi connectivity index (χ4n) is 1.76. The molecule has 0 saturated carbocycles. The third-order valence-corrected chi connectivity index (χ3v) is 2.86. The summed E-state index contributed by atoms with van der Waals surface area (Å²) in [4.78, 5) is 4.31. The van der Waals surface area contributed by atoms with Gasteiger partial charge in [-0.05, 0) is 44.3 Å². The molecule has 90 valence electrons. The Labute approximate surface area is 106 Å². The molecule has 1 aromatic carbocycles. The summed E-state index contributed by atoms with van der Waals surface area (Å²) >= 11 is 5.95. The highest BCUT2D eigenvalue weighted by Crippen LogP contribution is 2.24. The molecule has 2 aromatic rings. The summed E-state index contributed by atoms with van der Waals surface area (Å²) in [6.07, 6.45) is 2.90. The van der Waals surface area contributed by atoms with Gasteiger partial charge in [0.25, 0.3) is 0 Å². The summed E-state index contributed by atoms with van der Waals surface area (Å²) in [5.41, 5.74) is 2.04. The summed E-state index contributed by atoms with van der Waals surface area (Å²) < 4.78 is 0. The van der Waals surface area contributed by atoms with Gasteiger partial charge in [0.2, 0.25) is 0 Å². The first-order valence-electron chi connectivity index (χ1n) is 5.74. The van der Waals surface area contributed by atoms with Crippen molar-refractivity contribution in [3.05, 3.63) is 35.5 Å². The Morgan fingerprint density at radius 1 is 1.24 bits per heavy atom. The molecule has 2 N–H and O–H groups in total. The summed E-state index contributed by atoms with van der Waals surface area (Å²) in [6.45, 7) is 1.96. The van der Waals surface area contributed by atoms with Crippen LogP contribution in [0, 0.1) is 0 Å². The Kier molecular flexibility index (Phi) is 4.18. The first kappa shape index (κ1) is 12.1. The van der Waals surface area contributed by atoms with E-state index in [9.17, 15) is 0 Å². The van der Waals surface area contributed by atoms with E-state index in [0.29, 0.717) is 0 Å². The Morgan fingerprint density at radius 3 is 2.94 bits per heavy atom. The maximum Gasteiger partial charge on any atom is 0.0737 e. The number of anilines is 1. The average molecular weight is 250 g/mol. The summed E-state index contributed by atoms with van der Waals surface area (Å²) in [7, 11) is 1.96. The van der Waals surface area contributed by atoms with Crippen molar-refractivity contribution in [2.45, 2.75) is 6.42 Å². The second-order valence-electron chi connectivity index (χ2n) is 3.90. The smallest absolute Gasteiger partial charge is 0.0737 e. The quantitative estimate of drug-likeness (QED) is 0.800. The van der Waals surface area contributed by atoms with Crippen LogP contribution in [0.25, 0.3) is 10.9 Å². The van der Waals surface area contributed by atoms with E-state index in [0.717, 1.165) is 41.1 Å². The van der Waals surface area contributed by atoms with Crippen LogP contribution in [0.3, 0.4) is 0 Å². The molecule has 0 aliphatic heterocycles. The average Bonchev–Trinajstić information content (AvgIpc) is 2.34. The third kappa shape index (κ3) is 3.08. The second kappa shape index (κ2) is 5.84. The van der Waals surface area contributed by atoms with E-state index < -0.39 is 0 Å². The third-order valence-electron chi connectivity index (χ3n) is 2.62. The molecule has 0 saturated heterocycles. The second-order valence-corrected chi connectivity index (χ2v) is 4.34. The van der Waals surface area contributed by atoms with Crippen LogP contribution in [0.5, 0.6) is 0 Å². The fraction of sp³-hybridized carbons (Fsp3) is 0.308. The van der Waals surface area contributed by atoms with Gasteiger partial charge in [-0.15, -0.1) is 0 Å². The van der Waals surface area contributed by atoms with Crippen molar-refractivity contribution in [1.82, 2.24) is 10.3 Å². The van der Waals surface area contributed by atoms with E-state index in [1.165, 1.54) is 0 Å². The van der Waals surface area contributed by atoms with Crippen molar-refractivity contribution in [1.29, 1.82) is 0 Å². The SMILES string of the molecule is CNCCCNc1ccnc2cc(Cl)ccc12. The van der Waals surface area contributed by atoms with Crippen molar-refractivity contribution < 1.29 is 0 Å². The molecule has 0 unspecified atom stereocenters. The Morgan fingerprint density at radius 2 is 2.12 bits per heavy atom. The lowest BCUT2D eigenvalue weighted by atomic mass is 10.2. The van der Waals surface area contributed by atoms with Gasteiger partial charge in [-0.3, -0.25) is 4.98 Å². The summed E-state index contributed by atoms with van der Waals surface area (Å²) in [5.74, 6) is 0. The summed E-state index contributed by atoms with van der Waals surface area (Å²) in [5, 5.41) is 8.38. The molecule has 0 atom stereocenters. The highest BCUT2D eigenvalue weighted by atomic mass is 35.5. The number of benzene rings is 1. The molecule has 17 heavy (non-hydrogen) atoms. The van der Waals surface area contributed by atoms with Crippen LogP contribution in [-0.4, -0.2) is 25.1 Å². The van der Waals surface area contributed by atoms with Gasteiger partial charge < -0.3 is 10.6 Å². The molecule has 2 rings (SSSR count). The first-order valence-corrected chi connectivity index (χ1v) is 6.12. The molecule has 0 radical (unpaired) electrons. The lowest BCUT2D eigenvalue weighted by Crippen LogP contribution is -2.13. The van der Waals surface area contributed by atoms with Crippen LogP contribution in [0.2, 0.25) is 5.02 Å². The molecule has 0 amide bonds. The summed E-state index contributed by atoms with van der Waals surface area (Å²) in [6, 6.07) is 7.78. The monoisotopic (exact) mass is 249 g/mol. The number of fused-ring (bicyclic) bond motifs is 1. The number of halogens is 1. The topological polar surface area (TPSA) is 37.0 Å². The highest BCUT2D eigenvalue weighted by molar-refractivity contribution is 6.31. The van der Waals surface area contributed by atoms with Gasteiger partial charge in [0.1, 0.15) is 0 Å². The Hall–Kier alpha value is -1.32. The number of nitrogens with zero attached hydrogens (tertiary/aromatic N) is 1. The predicted molar refractivity (Wildman–Crippen MR) is 73.8 cm³/mol. The molecular weight excluding hydrogens is 234 g/mol. The normalized spacial score (nSPS) is 10.7. The minimum Gasteiger partial charge on any atom is -0.384 e. The lowest BCUT2D eigenvalue weighted by Gasteiger charge is -2.09. The minimum atomic E-state index is 0.720. The number of rotatable bonds is 5. The predicted octanol–water partition coefficient (Wildman–Crippen LogP) is 2.91. The maximum atomic E-state index is 5.95. The molecule has 0 aliphatic rings. The van der Waals surface area contributed by atoms with Crippen LogP contribution >= 0.6 is 11.6 Å². The van der Waals surface area contributed by atoms with Gasteiger partial charge in [0.15, 0.2) is 0 Å². The van der Waals surface area contributed by atoms with Crippen LogP contribution < -0.4 is 10.6 Å². The zero-order chi connectivity index (χ0) is 12.1. The van der Waals surface area contributed by atoms with E-state index in [-0.39, 0.29) is 0 Å². The van der Waals surface area contributed by atoms with E-state index in [4.69, 9.17) is 11.6 Å². The van der Waals surface area contributed by atoms with E-state index in [1.807, 2.05) is 31.3 Å². The van der Waals surface area contributed by atoms with Crippen LogP contribution in [0.15, 0.2) is 30.5 Å². The van der Waals surface area contributed by atoms with Gasteiger partial charge in [-0.2, -0.15) is 0 Å². The fourth-order valence-corrected chi connectivity index (χ4v) is 1.93. The van der Waals surface area contributed by atoms with Gasteiger partial charge in [0.05, 0.1) is 5.52 Å². The van der Waals surface area contributed by atoms with Crippen molar-refractivity contribution in [3.8, 4) is 0 Å². The van der Waals surface area contributed by atoms with Gasteiger partial charge in [0, 0.05) is 28.8 Å². The molecular formula is C13H16ClN3. The van der Waals surface area contributed by atoms with Crippen LogP contribution in [0.1, 0.15) is 6.42 Å².